The predicted octanol–water partition coefficient (Wildman–Crippen LogP) is -0.794. The first-order valence-corrected chi connectivity index (χ1v) is 8.64. The normalized spacial score (nSPS) is 13.2. The zero-order chi connectivity index (χ0) is 21.7. The molecule has 29 heavy (non-hydrogen) atoms. The minimum absolute atomic E-state index is 0. The number of benzene rings is 1. The summed E-state index contributed by atoms with van der Waals surface area (Å²) in [4.78, 5) is 19.5. The Bertz CT molecular complexity index is 603. The van der Waals surface area contributed by atoms with E-state index in [4.69, 9.17) is 25.2 Å². The number of rotatable bonds is 11. The molecule has 0 fully saturated rings. The molecular weight excluding hydrogens is 386 g/mol. The van der Waals surface area contributed by atoms with Gasteiger partial charge in [0.05, 0.1) is 0 Å². The van der Waals surface area contributed by atoms with Gasteiger partial charge >= 0.3 is 11.9 Å². The standard InChI is InChI=1S/C15H23NO2.C4H6O6.H2O/c1-4-7-13-8-5-6-9-15(13)18-11-14(17)10-16-12(2)3;5-1(3(7)8)2(6)4(9)10;/h4-6,8-9,12,14,16-17H,1,7,10-11H2,2-3H3;1-2,5-6H,(H,7,8)(H,9,10);1H2/t;1-,2-;/m.0./s1. The van der Waals surface area contributed by atoms with Crippen molar-refractivity contribution in [2.75, 3.05) is 13.2 Å². The van der Waals surface area contributed by atoms with E-state index in [0.717, 1.165) is 17.7 Å². The first-order chi connectivity index (χ1) is 13.1. The lowest BCUT2D eigenvalue weighted by atomic mass is 10.1. The van der Waals surface area contributed by atoms with Crippen molar-refractivity contribution in [3.63, 3.8) is 0 Å². The molecule has 0 spiro atoms. The molecule has 3 atom stereocenters. The number of ether oxygens (including phenoxy) is 1. The van der Waals surface area contributed by atoms with E-state index in [-0.39, 0.29) is 5.48 Å². The van der Waals surface area contributed by atoms with E-state index in [2.05, 4.69) is 11.9 Å². The molecule has 10 nitrogen and oxygen atoms in total. The fraction of sp³-hybridized carbons (Fsp3) is 0.474. The van der Waals surface area contributed by atoms with Crippen molar-refractivity contribution >= 4 is 11.9 Å². The lowest BCUT2D eigenvalue weighted by molar-refractivity contribution is -0.165. The smallest absolute Gasteiger partial charge is 0.335 e. The van der Waals surface area contributed by atoms with Crippen LogP contribution in [0.2, 0.25) is 0 Å². The summed E-state index contributed by atoms with van der Waals surface area (Å²) < 4.78 is 5.65. The van der Waals surface area contributed by atoms with E-state index in [0.29, 0.717) is 19.2 Å². The van der Waals surface area contributed by atoms with Crippen LogP contribution in [0.4, 0.5) is 0 Å². The Labute approximate surface area is 169 Å². The molecule has 8 N–H and O–H groups in total. The fourth-order valence-electron chi connectivity index (χ4n) is 1.86. The van der Waals surface area contributed by atoms with Gasteiger partial charge in [-0.25, -0.2) is 9.59 Å². The van der Waals surface area contributed by atoms with Gasteiger partial charge in [0.15, 0.2) is 12.2 Å². The summed E-state index contributed by atoms with van der Waals surface area (Å²) in [5.41, 5.74) is 1.09. The van der Waals surface area contributed by atoms with E-state index < -0.39 is 30.3 Å². The average molecular weight is 417 g/mol. The number of nitrogens with one attached hydrogen (secondary N) is 1. The van der Waals surface area contributed by atoms with Crippen molar-refractivity contribution in [2.24, 2.45) is 0 Å². The minimum Gasteiger partial charge on any atom is -0.491 e. The minimum atomic E-state index is -2.27. The highest BCUT2D eigenvalue weighted by Crippen LogP contribution is 2.18. The number of allylic oxidation sites excluding steroid dienone is 1. The van der Waals surface area contributed by atoms with Crippen LogP contribution < -0.4 is 10.1 Å². The first-order valence-electron chi connectivity index (χ1n) is 8.64. The topological polar surface area (TPSA) is 188 Å². The number of carboxylic acids is 2. The van der Waals surface area contributed by atoms with Gasteiger partial charge in [-0.2, -0.15) is 0 Å². The summed E-state index contributed by atoms with van der Waals surface area (Å²) in [7, 11) is 0. The maximum absolute atomic E-state index is 9.77. The number of carboxylic acid groups (broad SMARTS) is 2. The monoisotopic (exact) mass is 417 g/mol. The van der Waals surface area contributed by atoms with Gasteiger partial charge in [-0.3, -0.25) is 0 Å². The molecular formula is C19H31NO9. The van der Waals surface area contributed by atoms with Crippen LogP contribution in [0.15, 0.2) is 36.9 Å². The number of hydrogen-bond acceptors (Lipinski definition) is 7. The van der Waals surface area contributed by atoms with Gasteiger partial charge in [0.1, 0.15) is 18.5 Å². The number of carbonyl (C=O) groups is 2. The zero-order valence-electron chi connectivity index (χ0n) is 16.5. The second-order valence-electron chi connectivity index (χ2n) is 6.19. The average Bonchev–Trinajstić information content (AvgIpc) is 2.65. The van der Waals surface area contributed by atoms with Crippen LogP contribution in [-0.2, 0) is 16.0 Å². The van der Waals surface area contributed by atoms with Crippen LogP contribution >= 0.6 is 0 Å². The van der Waals surface area contributed by atoms with Crippen molar-refractivity contribution < 1.29 is 45.3 Å². The lowest BCUT2D eigenvalue weighted by Gasteiger charge is -2.16. The Morgan fingerprint density at radius 3 is 2.07 bits per heavy atom. The van der Waals surface area contributed by atoms with E-state index in [1.165, 1.54) is 0 Å². The van der Waals surface area contributed by atoms with Gasteiger partial charge in [0.25, 0.3) is 0 Å². The molecule has 0 bridgehead atoms. The summed E-state index contributed by atoms with van der Waals surface area (Å²) in [6.07, 6.45) is -2.41. The number of aliphatic hydroxyl groups is 3. The van der Waals surface area contributed by atoms with Crippen LogP contribution in [0.3, 0.4) is 0 Å². The Kier molecular flexibility index (Phi) is 15.3. The maximum atomic E-state index is 9.77. The number of aliphatic hydroxyl groups excluding tert-OH is 3. The van der Waals surface area contributed by atoms with Crippen molar-refractivity contribution in [1.29, 1.82) is 0 Å². The molecule has 0 aromatic heterocycles. The van der Waals surface area contributed by atoms with Crippen LogP contribution in [-0.4, -0.2) is 80.5 Å². The number of hydrogen-bond donors (Lipinski definition) is 6. The summed E-state index contributed by atoms with van der Waals surface area (Å²) in [5, 5.41) is 45.5. The Hall–Kier alpha value is -2.50. The third-order valence-corrected chi connectivity index (χ3v) is 3.33. The van der Waals surface area contributed by atoms with Crippen molar-refractivity contribution in [3.05, 3.63) is 42.5 Å². The lowest BCUT2D eigenvalue weighted by Crippen LogP contribution is -2.39. The molecule has 0 aliphatic carbocycles. The highest BCUT2D eigenvalue weighted by Gasteiger charge is 2.29. The van der Waals surface area contributed by atoms with E-state index in [1.54, 1.807) is 0 Å². The Morgan fingerprint density at radius 1 is 1.10 bits per heavy atom. The Morgan fingerprint density at radius 2 is 1.62 bits per heavy atom. The summed E-state index contributed by atoms with van der Waals surface area (Å²) in [6, 6.07) is 8.20. The van der Waals surface area contributed by atoms with Gasteiger partial charge < -0.3 is 41.1 Å². The van der Waals surface area contributed by atoms with Crippen LogP contribution in [0.5, 0.6) is 5.75 Å². The Balaban J connectivity index is 0. The molecule has 1 aromatic carbocycles. The fourth-order valence-corrected chi connectivity index (χ4v) is 1.86. The molecule has 1 unspecified atom stereocenters. The largest absolute Gasteiger partial charge is 0.491 e. The molecule has 0 amide bonds. The molecule has 0 aliphatic heterocycles. The zero-order valence-corrected chi connectivity index (χ0v) is 16.5. The SMILES string of the molecule is C=CCc1ccccc1OCC(O)CNC(C)C.O.O=C(O)[C@@H](O)[C@H](O)C(=O)O. The van der Waals surface area contributed by atoms with Gasteiger partial charge in [-0.15, -0.1) is 6.58 Å². The molecule has 0 aliphatic rings. The second-order valence-corrected chi connectivity index (χ2v) is 6.19. The predicted molar refractivity (Wildman–Crippen MR) is 106 cm³/mol. The van der Waals surface area contributed by atoms with Gasteiger partial charge in [0, 0.05) is 12.6 Å². The van der Waals surface area contributed by atoms with E-state index in [1.807, 2.05) is 44.2 Å². The molecule has 1 aromatic rings. The molecule has 10 heteroatoms. The van der Waals surface area contributed by atoms with Gasteiger partial charge in [-0.05, 0) is 18.1 Å². The van der Waals surface area contributed by atoms with E-state index in [9.17, 15) is 14.7 Å². The van der Waals surface area contributed by atoms with Crippen molar-refractivity contribution in [3.8, 4) is 5.75 Å². The van der Waals surface area contributed by atoms with Gasteiger partial charge in [0.2, 0.25) is 0 Å². The third kappa shape index (κ3) is 12.5. The van der Waals surface area contributed by atoms with Crippen molar-refractivity contribution in [2.45, 2.75) is 44.6 Å². The molecule has 166 valence electrons. The second kappa shape index (κ2) is 15.4. The third-order valence-electron chi connectivity index (χ3n) is 3.33. The molecule has 1 rings (SSSR count). The molecule has 0 heterocycles. The van der Waals surface area contributed by atoms with Crippen molar-refractivity contribution in [1.82, 2.24) is 5.32 Å². The van der Waals surface area contributed by atoms with Gasteiger partial charge in [-0.1, -0.05) is 38.1 Å². The highest BCUT2D eigenvalue weighted by atomic mass is 16.5. The quantitative estimate of drug-likeness (QED) is 0.251. The number of para-hydroxylation sites is 1. The molecule has 0 saturated carbocycles. The maximum Gasteiger partial charge on any atom is 0.335 e. The van der Waals surface area contributed by atoms with Crippen LogP contribution in [0.1, 0.15) is 19.4 Å². The summed E-state index contributed by atoms with van der Waals surface area (Å²) in [6.45, 7) is 8.67. The molecule has 0 saturated heterocycles. The number of aliphatic carboxylic acids is 2. The van der Waals surface area contributed by atoms with Crippen LogP contribution in [0, 0.1) is 0 Å². The highest BCUT2D eigenvalue weighted by molar-refractivity contribution is 5.83. The molecule has 0 radical (unpaired) electrons. The summed E-state index contributed by atoms with van der Waals surface area (Å²) >= 11 is 0. The summed E-state index contributed by atoms with van der Waals surface area (Å²) in [5.74, 6) is -2.72. The first kappa shape index (κ1) is 28.7. The van der Waals surface area contributed by atoms with E-state index >= 15 is 0 Å². The van der Waals surface area contributed by atoms with Crippen LogP contribution in [0.25, 0.3) is 0 Å².